The molecular weight excluding hydrogens is 532 g/mol. The molecule has 0 bridgehead atoms. The molecular formula is C24H31F2N9O3S. The summed E-state index contributed by atoms with van der Waals surface area (Å²) in [7, 11) is -3.26. The number of hydrazine groups is 1. The van der Waals surface area contributed by atoms with Gasteiger partial charge in [0.2, 0.25) is 5.79 Å². The number of hydrogen-bond acceptors (Lipinski definition) is 11. The first-order chi connectivity index (χ1) is 18.5. The lowest BCUT2D eigenvalue weighted by molar-refractivity contribution is 0.0486. The number of sulfone groups is 1. The Bertz CT molecular complexity index is 1450. The second-order valence-corrected chi connectivity index (χ2v) is 12.2. The van der Waals surface area contributed by atoms with Crippen molar-refractivity contribution in [2.75, 3.05) is 42.4 Å². The second kappa shape index (κ2) is 10.5. The maximum atomic E-state index is 15.0. The van der Waals surface area contributed by atoms with Crippen molar-refractivity contribution in [3.63, 3.8) is 0 Å². The molecule has 12 nitrogen and oxygen atoms in total. The molecule has 15 heteroatoms. The van der Waals surface area contributed by atoms with Gasteiger partial charge in [0.1, 0.15) is 27.3 Å². The highest BCUT2D eigenvalue weighted by Gasteiger charge is 2.40. The van der Waals surface area contributed by atoms with E-state index >= 15 is 0 Å². The lowest BCUT2D eigenvalue weighted by Crippen LogP contribution is -2.52. The molecule has 1 unspecified atom stereocenters. The Hall–Kier alpha value is -3.56. The monoisotopic (exact) mass is 563 g/mol. The van der Waals surface area contributed by atoms with Crippen LogP contribution in [0.1, 0.15) is 24.1 Å². The molecule has 210 valence electrons. The summed E-state index contributed by atoms with van der Waals surface area (Å²) in [6.45, 7) is 3.05. The summed E-state index contributed by atoms with van der Waals surface area (Å²) in [5.41, 5.74) is 11.5. The average Bonchev–Trinajstić information content (AvgIpc) is 3.47. The number of ether oxygens (including phenoxy) is 1. The highest BCUT2D eigenvalue weighted by molar-refractivity contribution is 7.90. The zero-order valence-electron chi connectivity index (χ0n) is 21.6. The molecule has 0 saturated carbocycles. The highest BCUT2D eigenvalue weighted by Crippen LogP contribution is 2.30. The largest absolute Gasteiger partial charge is 0.382 e. The van der Waals surface area contributed by atoms with Gasteiger partial charge in [0.05, 0.1) is 23.1 Å². The van der Waals surface area contributed by atoms with Gasteiger partial charge in [0.15, 0.2) is 11.7 Å². The number of amidine groups is 2. The molecule has 1 saturated heterocycles. The van der Waals surface area contributed by atoms with Crippen LogP contribution in [0, 0.1) is 18.6 Å². The third-order valence-corrected chi connectivity index (χ3v) is 7.51. The number of rotatable bonds is 8. The number of nitrogens with one attached hydrogen (secondary N) is 4. The fraction of sp³-hybridized carbons (Fsp3) is 0.458. The molecule has 3 aliphatic heterocycles. The van der Waals surface area contributed by atoms with Crippen LogP contribution >= 0.6 is 0 Å². The quantitative estimate of drug-likeness (QED) is 0.320. The van der Waals surface area contributed by atoms with E-state index in [1.807, 2.05) is 11.9 Å². The topological polar surface area (TPSA) is 162 Å². The molecule has 6 N–H and O–H groups in total. The van der Waals surface area contributed by atoms with E-state index in [1.165, 1.54) is 6.07 Å². The number of benzene rings is 1. The van der Waals surface area contributed by atoms with E-state index in [0.29, 0.717) is 36.3 Å². The van der Waals surface area contributed by atoms with Crippen molar-refractivity contribution in [2.45, 2.75) is 38.0 Å². The van der Waals surface area contributed by atoms with E-state index < -0.39 is 27.3 Å². The SMILES string of the molecule is Cc1cc(NC2=NC(N)(Cc3cc(NCCS(C)(=O)=O)c(F)cc3F)N=C3C2=CNN3C2CCOCC2)n[nH]1. The molecule has 0 spiro atoms. The number of aromatic nitrogens is 2. The van der Waals surface area contributed by atoms with E-state index in [-0.39, 0.29) is 36.0 Å². The van der Waals surface area contributed by atoms with Gasteiger partial charge in [-0.15, -0.1) is 0 Å². The Morgan fingerprint density at radius 1 is 1.21 bits per heavy atom. The smallest absolute Gasteiger partial charge is 0.210 e. The number of H-pyrrole nitrogens is 1. The Labute approximate surface area is 224 Å². The first-order valence-electron chi connectivity index (χ1n) is 12.5. The van der Waals surface area contributed by atoms with Gasteiger partial charge in [-0.3, -0.25) is 15.8 Å². The minimum atomic E-state index is -3.26. The molecule has 4 heterocycles. The van der Waals surface area contributed by atoms with Crippen LogP contribution in [0.3, 0.4) is 0 Å². The van der Waals surface area contributed by atoms with E-state index in [2.05, 4.69) is 31.2 Å². The highest BCUT2D eigenvalue weighted by atomic mass is 32.2. The molecule has 1 aromatic heterocycles. The van der Waals surface area contributed by atoms with E-state index in [9.17, 15) is 17.2 Å². The van der Waals surface area contributed by atoms with Crippen LogP contribution in [0.25, 0.3) is 0 Å². The minimum absolute atomic E-state index is 0.0356. The molecule has 0 amide bonds. The van der Waals surface area contributed by atoms with Gasteiger partial charge in [-0.2, -0.15) is 5.10 Å². The van der Waals surface area contributed by atoms with Crippen molar-refractivity contribution in [1.82, 2.24) is 20.6 Å². The number of hydrogen-bond donors (Lipinski definition) is 5. The molecule has 3 aliphatic rings. The van der Waals surface area contributed by atoms with E-state index in [1.54, 1.807) is 12.3 Å². The molecule has 1 atom stereocenters. The Kier molecular flexibility index (Phi) is 7.31. The first-order valence-corrected chi connectivity index (χ1v) is 14.6. The van der Waals surface area contributed by atoms with Gasteiger partial charge >= 0.3 is 0 Å². The fourth-order valence-corrected chi connectivity index (χ4v) is 5.13. The summed E-state index contributed by atoms with van der Waals surface area (Å²) in [6, 6.07) is 3.91. The zero-order chi connectivity index (χ0) is 27.8. The number of nitrogens with zero attached hydrogens (tertiary/aromatic N) is 4. The fourth-order valence-electron chi connectivity index (χ4n) is 4.66. The normalized spacial score (nSPS) is 21.6. The Morgan fingerprint density at radius 2 is 1.97 bits per heavy atom. The summed E-state index contributed by atoms with van der Waals surface area (Å²) in [4.78, 5) is 9.39. The molecule has 2 aromatic rings. The van der Waals surface area contributed by atoms with Gasteiger partial charge in [-0.1, -0.05) is 0 Å². The van der Waals surface area contributed by atoms with Crippen LogP contribution in [-0.2, 0) is 21.0 Å². The summed E-state index contributed by atoms with van der Waals surface area (Å²) in [5, 5.41) is 14.9. The van der Waals surface area contributed by atoms with E-state index in [0.717, 1.165) is 30.9 Å². The number of fused-ring (bicyclic) bond motifs is 1. The molecule has 39 heavy (non-hydrogen) atoms. The minimum Gasteiger partial charge on any atom is -0.382 e. The van der Waals surface area contributed by atoms with Crippen LogP contribution < -0.4 is 21.8 Å². The van der Waals surface area contributed by atoms with Crippen molar-refractivity contribution in [2.24, 2.45) is 15.7 Å². The predicted molar refractivity (Wildman–Crippen MR) is 144 cm³/mol. The second-order valence-electron chi connectivity index (χ2n) is 9.89. The van der Waals surface area contributed by atoms with Crippen molar-refractivity contribution in [3.8, 4) is 0 Å². The maximum Gasteiger partial charge on any atom is 0.210 e. The molecule has 0 aliphatic carbocycles. The van der Waals surface area contributed by atoms with Crippen LogP contribution in [0.4, 0.5) is 20.3 Å². The first kappa shape index (κ1) is 27.0. The number of aliphatic imine (C=N–C) groups is 2. The third kappa shape index (κ3) is 6.20. The number of halogens is 2. The predicted octanol–water partition coefficient (Wildman–Crippen LogP) is 1.41. The molecule has 0 radical (unpaired) electrons. The van der Waals surface area contributed by atoms with Gasteiger partial charge < -0.3 is 20.8 Å². The maximum absolute atomic E-state index is 15.0. The Morgan fingerprint density at radius 3 is 2.67 bits per heavy atom. The summed E-state index contributed by atoms with van der Waals surface area (Å²) in [5.74, 6) is -2.05. The van der Waals surface area contributed by atoms with Crippen molar-refractivity contribution in [1.29, 1.82) is 0 Å². The lowest BCUT2D eigenvalue weighted by Gasteiger charge is -2.36. The van der Waals surface area contributed by atoms with E-state index in [4.69, 9.17) is 15.5 Å². The van der Waals surface area contributed by atoms with Crippen LogP contribution in [0.15, 0.2) is 40.0 Å². The van der Waals surface area contributed by atoms with Gasteiger partial charge in [-0.25, -0.2) is 27.2 Å². The lowest BCUT2D eigenvalue weighted by atomic mass is 10.0. The molecule has 1 fully saturated rings. The van der Waals surface area contributed by atoms with Gasteiger partial charge in [-0.05, 0) is 31.4 Å². The van der Waals surface area contributed by atoms with Gasteiger partial charge in [0, 0.05) is 56.5 Å². The number of aryl methyl sites for hydroxylation is 1. The standard InChI is InChI=1S/C24H31F2N9O3S/c1-14-9-21(34-33-14)30-22-17-13-29-35(16-3-6-38-7-4-16)23(17)32-24(27,31-22)12-15-10-20(19(26)11-18(15)25)28-5-8-39(2,36)37/h9-11,13,16,28-29H,3-8,12,27H2,1-2H3,(H2,30,31,33,34). The van der Waals surface area contributed by atoms with Crippen LogP contribution in [0.5, 0.6) is 0 Å². The molecule has 5 rings (SSSR count). The summed E-state index contributed by atoms with van der Waals surface area (Å²) >= 11 is 0. The third-order valence-electron chi connectivity index (χ3n) is 6.56. The van der Waals surface area contributed by atoms with Crippen molar-refractivity contribution < 1.29 is 21.9 Å². The Balaban J connectivity index is 1.46. The van der Waals surface area contributed by atoms with Crippen LogP contribution in [0.2, 0.25) is 0 Å². The van der Waals surface area contributed by atoms with Crippen LogP contribution in [-0.4, -0.2) is 78.9 Å². The average molecular weight is 564 g/mol. The zero-order valence-corrected chi connectivity index (χ0v) is 22.4. The van der Waals surface area contributed by atoms with Crippen molar-refractivity contribution >= 4 is 33.0 Å². The van der Waals surface area contributed by atoms with Crippen molar-refractivity contribution in [3.05, 3.63) is 52.9 Å². The number of nitrogens with two attached hydrogens (primary N) is 1. The van der Waals surface area contributed by atoms with Gasteiger partial charge in [0.25, 0.3) is 0 Å². The molecule has 1 aromatic carbocycles. The summed E-state index contributed by atoms with van der Waals surface area (Å²) in [6.07, 6.45) is 4.22. The summed E-state index contributed by atoms with van der Waals surface area (Å²) < 4.78 is 57.8. The number of anilines is 2. The number of aromatic amines is 1.